The fraction of sp³-hybridized carbons (Fsp3) is 0.400. The van der Waals surface area contributed by atoms with Crippen molar-refractivity contribution in [1.29, 1.82) is 0 Å². The average Bonchev–Trinajstić information content (AvgIpc) is 2.20. The number of hydrogen-bond acceptors (Lipinski definition) is 3. The lowest BCUT2D eigenvalue weighted by Gasteiger charge is -2.03. The third kappa shape index (κ3) is 4.28. The second-order valence-corrected chi connectivity index (χ2v) is 3.38. The standard InChI is InChI=1S/C10H14N2OS/c13-10(4-7-14)12-6-3-9-2-1-5-11-8-9/h1-2,5,8,14H,3-4,6-7H2,(H,12,13). The zero-order valence-corrected chi connectivity index (χ0v) is 8.83. The Kier molecular flexibility index (Phi) is 5.07. The average molecular weight is 210 g/mol. The number of aromatic nitrogens is 1. The van der Waals surface area contributed by atoms with E-state index in [4.69, 9.17) is 0 Å². The number of rotatable bonds is 5. The van der Waals surface area contributed by atoms with Crippen molar-refractivity contribution in [1.82, 2.24) is 10.3 Å². The van der Waals surface area contributed by atoms with Crippen LogP contribution in [0.3, 0.4) is 0 Å². The predicted octanol–water partition coefficient (Wildman–Crippen LogP) is 1.06. The van der Waals surface area contributed by atoms with Gasteiger partial charge in [-0.15, -0.1) is 0 Å². The number of carbonyl (C=O) groups is 1. The number of amides is 1. The molecule has 0 spiro atoms. The molecule has 0 atom stereocenters. The van der Waals surface area contributed by atoms with Crippen LogP contribution in [0, 0.1) is 0 Å². The number of nitrogens with one attached hydrogen (secondary N) is 1. The summed E-state index contributed by atoms with van der Waals surface area (Å²) in [6.45, 7) is 0.665. The molecule has 0 saturated carbocycles. The van der Waals surface area contributed by atoms with Gasteiger partial charge < -0.3 is 5.32 Å². The molecule has 1 rings (SSSR count). The Morgan fingerprint density at radius 3 is 3.07 bits per heavy atom. The highest BCUT2D eigenvalue weighted by molar-refractivity contribution is 7.80. The van der Waals surface area contributed by atoms with E-state index in [1.54, 1.807) is 6.20 Å². The van der Waals surface area contributed by atoms with Crippen LogP contribution in [0.4, 0.5) is 0 Å². The maximum Gasteiger partial charge on any atom is 0.220 e. The van der Waals surface area contributed by atoms with Gasteiger partial charge in [0.2, 0.25) is 5.91 Å². The summed E-state index contributed by atoms with van der Waals surface area (Å²) in [6.07, 6.45) is 4.86. The minimum absolute atomic E-state index is 0.0592. The summed E-state index contributed by atoms with van der Waals surface area (Å²) in [5.41, 5.74) is 1.14. The van der Waals surface area contributed by atoms with Gasteiger partial charge in [0, 0.05) is 25.4 Å². The Morgan fingerprint density at radius 1 is 1.57 bits per heavy atom. The molecule has 1 aromatic rings. The van der Waals surface area contributed by atoms with Crippen molar-refractivity contribution in [3.8, 4) is 0 Å². The van der Waals surface area contributed by atoms with Crippen molar-refractivity contribution >= 4 is 18.5 Å². The van der Waals surface area contributed by atoms with Gasteiger partial charge in [-0.2, -0.15) is 12.6 Å². The molecule has 76 valence electrons. The molecule has 0 aliphatic carbocycles. The molecular weight excluding hydrogens is 196 g/mol. The van der Waals surface area contributed by atoms with Gasteiger partial charge in [-0.1, -0.05) is 6.07 Å². The zero-order valence-electron chi connectivity index (χ0n) is 7.94. The molecule has 0 unspecified atom stereocenters. The first-order chi connectivity index (χ1) is 6.83. The predicted molar refractivity (Wildman–Crippen MR) is 59.4 cm³/mol. The van der Waals surface area contributed by atoms with Gasteiger partial charge in [0.1, 0.15) is 0 Å². The van der Waals surface area contributed by atoms with Gasteiger partial charge in [-0.25, -0.2) is 0 Å². The van der Waals surface area contributed by atoms with Crippen LogP contribution < -0.4 is 5.32 Å². The quantitative estimate of drug-likeness (QED) is 0.714. The highest BCUT2D eigenvalue weighted by atomic mass is 32.1. The lowest BCUT2D eigenvalue weighted by atomic mass is 10.2. The van der Waals surface area contributed by atoms with E-state index in [0.29, 0.717) is 18.7 Å². The molecule has 0 aliphatic rings. The molecule has 0 aliphatic heterocycles. The number of thiol groups is 1. The third-order valence-corrected chi connectivity index (χ3v) is 2.02. The first-order valence-electron chi connectivity index (χ1n) is 4.59. The van der Waals surface area contributed by atoms with Crippen LogP contribution in [0.2, 0.25) is 0 Å². The molecule has 0 aromatic carbocycles. The summed E-state index contributed by atoms with van der Waals surface area (Å²) in [4.78, 5) is 15.1. The molecule has 0 saturated heterocycles. The van der Waals surface area contributed by atoms with Crippen LogP contribution in [-0.2, 0) is 11.2 Å². The van der Waals surface area contributed by atoms with Gasteiger partial charge in [0.25, 0.3) is 0 Å². The van der Waals surface area contributed by atoms with Gasteiger partial charge in [0.05, 0.1) is 0 Å². The van der Waals surface area contributed by atoms with Crippen LogP contribution in [0.25, 0.3) is 0 Å². The Balaban J connectivity index is 2.19. The van der Waals surface area contributed by atoms with Crippen LogP contribution in [0.5, 0.6) is 0 Å². The second kappa shape index (κ2) is 6.43. The first-order valence-corrected chi connectivity index (χ1v) is 5.22. The Morgan fingerprint density at radius 2 is 2.43 bits per heavy atom. The fourth-order valence-electron chi connectivity index (χ4n) is 1.08. The van der Waals surface area contributed by atoms with Crippen molar-refractivity contribution < 1.29 is 4.79 Å². The molecule has 1 amide bonds. The Labute approximate surface area is 89.3 Å². The first kappa shape index (κ1) is 11.0. The van der Waals surface area contributed by atoms with Crippen molar-refractivity contribution in [3.63, 3.8) is 0 Å². The van der Waals surface area contributed by atoms with Crippen molar-refractivity contribution in [3.05, 3.63) is 30.1 Å². The van der Waals surface area contributed by atoms with Crippen LogP contribution in [0.1, 0.15) is 12.0 Å². The largest absolute Gasteiger partial charge is 0.356 e. The molecule has 3 nitrogen and oxygen atoms in total. The lowest BCUT2D eigenvalue weighted by Crippen LogP contribution is -2.25. The van der Waals surface area contributed by atoms with Gasteiger partial charge in [0.15, 0.2) is 0 Å². The van der Waals surface area contributed by atoms with Gasteiger partial charge >= 0.3 is 0 Å². The normalized spacial score (nSPS) is 9.79. The molecule has 0 fully saturated rings. The summed E-state index contributed by atoms with van der Waals surface area (Å²) in [5, 5.41) is 2.82. The van der Waals surface area contributed by atoms with Crippen LogP contribution in [0.15, 0.2) is 24.5 Å². The number of hydrogen-bond donors (Lipinski definition) is 2. The number of nitrogens with zero attached hydrogens (tertiary/aromatic N) is 1. The summed E-state index contributed by atoms with van der Waals surface area (Å²) in [6, 6.07) is 3.89. The molecule has 14 heavy (non-hydrogen) atoms. The van der Waals surface area contributed by atoms with Crippen LogP contribution >= 0.6 is 12.6 Å². The van der Waals surface area contributed by atoms with Gasteiger partial charge in [-0.05, 0) is 23.8 Å². The molecule has 1 heterocycles. The maximum absolute atomic E-state index is 11.1. The Hall–Kier alpha value is -1.03. The summed E-state index contributed by atoms with van der Waals surface area (Å²) in [7, 11) is 0. The maximum atomic E-state index is 11.1. The van der Waals surface area contributed by atoms with E-state index in [9.17, 15) is 4.79 Å². The fourth-order valence-corrected chi connectivity index (χ4v) is 1.29. The monoisotopic (exact) mass is 210 g/mol. The third-order valence-electron chi connectivity index (χ3n) is 1.80. The van der Waals surface area contributed by atoms with Crippen molar-refractivity contribution in [2.24, 2.45) is 0 Å². The smallest absolute Gasteiger partial charge is 0.220 e. The van der Waals surface area contributed by atoms with E-state index in [0.717, 1.165) is 12.0 Å². The summed E-state index contributed by atoms with van der Waals surface area (Å²) >= 11 is 3.98. The van der Waals surface area contributed by atoms with E-state index < -0.39 is 0 Å². The van der Waals surface area contributed by atoms with E-state index in [1.807, 2.05) is 18.3 Å². The van der Waals surface area contributed by atoms with E-state index in [1.165, 1.54) is 0 Å². The molecule has 1 N–H and O–H groups in total. The Bertz CT molecular complexity index is 277. The van der Waals surface area contributed by atoms with Crippen molar-refractivity contribution in [2.45, 2.75) is 12.8 Å². The van der Waals surface area contributed by atoms with Crippen LogP contribution in [-0.4, -0.2) is 23.2 Å². The SMILES string of the molecule is O=C(CCS)NCCc1cccnc1. The summed E-state index contributed by atoms with van der Waals surface area (Å²) < 4.78 is 0. The zero-order chi connectivity index (χ0) is 10.2. The van der Waals surface area contributed by atoms with Gasteiger partial charge in [-0.3, -0.25) is 9.78 Å². The molecule has 0 radical (unpaired) electrons. The molecular formula is C10H14N2OS. The lowest BCUT2D eigenvalue weighted by molar-refractivity contribution is -0.120. The molecule has 4 heteroatoms. The summed E-state index contributed by atoms with van der Waals surface area (Å²) in [5.74, 6) is 0.655. The van der Waals surface area contributed by atoms with E-state index in [2.05, 4.69) is 22.9 Å². The van der Waals surface area contributed by atoms with Crippen molar-refractivity contribution in [2.75, 3.05) is 12.3 Å². The molecule has 1 aromatic heterocycles. The highest BCUT2D eigenvalue weighted by Crippen LogP contribution is 1.95. The number of carbonyl (C=O) groups excluding carboxylic acids is 1. The second-order valence-electron chi connectivity index (χ2n) is 2.93. The topological polar surface area (TPSA) is 42.0 Å². The number of pyridine rings is 1. The highest BCUT2D eigenvalue weighted by Gasteiger charge is 1.98. The minimum Gasteiger partial charge on any atom is -0.356 e. The van der Waals surface area contributed by atoms with E-state index in [-0.39, 0.29) is 5.91 Å². The minimum atomic E-state index is 0.0592. The van der Waals surface area contributed by atoms with E-state index >= 15 is 0 Å². The molecule has 0 bridgehead atoms.